The summed E-state index contributed by atoms with van der Waals surface area (Å²) >= 11 is 0. The fraction of sp³-hybridized carbons (Fsp3) is 0.692. The molecule has 0 radical (unpaired) electrons. The molecule has 1 aliphatic heterocycles. The van der Waals surface area contributed by atoms with Crippen LogP contribution in [0.5, 0.6) is 0 Å². The third-order valence-corrected chi connectivity index (χ3v) is 4.63. The highest BCUT2D eigenvalue weighted by Gasteiger charge is 2.47. The van der Waals surface area contributed by atoms with Crippen molar-refractivity contribution in [2.45, 2.75) is 24.8 Å². The molecule has 98 valence electrons. The summed E-state index contributed by atoms with van der Waals surface area (Å²) in [4.78, 5) is 25.1. The fourth-order valence-corrected chi connectivity index (χ4v) is 3.50. The molecule has 0 aromatic rings. The zero-order valence-electron chi connectivity index (χ0n) is 10.2. The summed E-state index contributed by atoms with van der Waals surface area (Å²) in [6.07, 6.45) is 6.69. The highest BCUT2D eigenvalue weighted by molar-refractivity contribution is 5.84. The Bertz CT molecular complexity index is 434. The second-order valence-electron chi connectivity index (χ2n) is 5.86. The Kier molecular flexibility index (Phi) is 2.48. The third-order valence-electron chi connectivity index (χ3n) is 4.63. The number of allylic oxidation sites excluding steroid dienone is 2. The van der Waals surface area contributed by atoms with Gasteiger partial charge in [0.1, 0.15) is 5.54 Å². The average molecular weight is 250 g/mol. The molecule has 2 fully saturated rings. The number of fused-ring (bicyclic) bond motifs is 2. The SMILES string of the molecule is NC1(C(=O)O)CCN(C(=O)C2CC3C=CC2C3)C1. The van der Waals surface area contributed by atoms with Crippen LogP contribution in [-0.2, 0) is 9.59 Å². The van der Waals surface area contributed by atoms with Gasteiger partial charge in [-0.1, -0.05) is 12.2 Å². The molecule has 3 aliphatic rings. The molecule has 0 aromatic carbocycles. The van der Waals surface area contributed by atoms with Crippen LogP contribution in [0.4, 0.5) is 0 Å². The predicted octanol–water partition coefficient (Wildman–Crippen LogP) is 0.213. The lowest BCUT2D eigenvalue weighted by molar-refractivity contribution is -0.143. The van der Waals surface area contributed by atoms with Crippen LogP contribution in [0.3, 0.4) is 0 Å². The van der Waals surface area contributed by atoms with Gasteiger partial charge >= 0.3 is 5.97 Å². The fourth-order valence-electron chi connectivity index (χ4n) is 3.50. The minimum atomic E-state index is -1.25. The number of hydrogen-bond acceptors (Lipinski definition) is 3. The van der Waals surface area contributed by atoms with Crippen LogP contribution < -0.4 is 5.73 Å². The van der Waals surface area contributed by atoms with E-state index in [-0.39, 0.29) is 18.4 Å². The van der Waals surface area contributed by atoms with E-state index in [0.717, 1.165) is 12.8 Å². The Morgan fingerprint density at radius 1 is 1.33 bits per heavy atom. The monoisotopic (exact) mass is 250 g/mol. The number of aliphatic carboxylic acids is 1. The van der Waals surface area contributed by atoms with Crippen molar-refractivity contribution in [3.8, 4) is 0 Å². The van der Waals surface area contributed by atoms with Crippen molar-refractivity contribution >= 4 is 11.9 Å². The minimum absolute atomic E-state index is 0.0520. The third kappa shape index (κ3) is 1.65. The van der Waals surface area contributed by atoms with Crippen LogP contribution in [0.2, 0.25) is 0 Å². The number of carboxylic acid groups (broad SMARTS) is 1. The minimum Gasteiger partial charge on any atom is -0.480 e. The van der Waals surface area contributed by atoms with Crippen molar-refractivity contribution in [3.05, 3.63) is 12.2 Å². The number of nitrogens with zero attached hydrogens (tertiary/aromatic N) is 1. The van der Waals surface area contributed by atoms with E-state index in [1.807, 2.05) is 0 Å². The van der Waals surface area contributed by atoms with Crippen molar-refractivity contribution in [2.24, 2.45) is 23.5 Å². The van der Waals surface area contributed by atoms with Gasteiger partial charge in [0.15, 0.2) is 0 Å². The summed E-state index contributed by atoms with van der Waals surface area (Å²) in [7, 11) is 0. The molecule has 0 aromatic heterocycles. The number of carbonyl (C=O) groups excluding carboxylic acids is 1. The predicted molar refractivity (Wildman–Crippen MR) is 64.6 cm³/mol. The normalized spacial score (nSPS) is 41.6. The van der Waals surface area contributed by atoms with Gasteiger partial charge in [-0.25, -0.2) is 0 Å². The van der Waals surface area contributed by atoms with Crippen molar-refractivity contribution in [2.75, 3.05) is 13.1 Å². The quantitative estimate of drug-likeness (QED) is 0.686. The van der Waals surface area contributed by atoms with Gasteiger partial charge in [0.05, 0.1) is 0 Å². The largest absolute Gasteiger partial charge is 0.480 e. The van der Waals surface area contributed by atoms with E-state index in [9.17, 15) is 9.59 Å². The number of amides is 1. The maximum absolute atomic E-state index is 12.4. The van der Waals surface area contributed by atoms with Crippen molar-refractivity contribution < 1.29 is 14.7 Å². The molecule has 1 saturated carbocycles. The van der Waals surface area contributed by atoms with E-state index in [1.54, 1.807) is 4.90 Å². The second kappa shape index (κ2) is 3.82. The maximum Gasteiger partial charge on any atom is 0.325 e. The Morgan fingerprint density at radius 2 is 2.11 bits per heavy atom. The number of likely N-dealkylation sites (tertiary alicyclic amines) is 1. The molecule has 3 rings (SSSR count). The molecule has 18 heavy (non-hydrogen) atoms. The van der Waals surface area contributed by atoms with Crippen LogP contribution >= 0.6 is 0 Å². The lowest BCUT2D eigenvalue weighted by Crippen LogP contribution is -2.51. The molecule has 0 spiro atoms. The smallest absolute Gasteiger partial charge is 0.325 e. The first-order chi connectivity index (χ1) is 8.49. The van der Waals surface area contributed by atoms with E-state index in [1.165, 1.54) is 0 Å². The molecule has 5 heteroatoms. The Hall–Kier alpha value is -1.36. The summed E-state index contributed by atoms with van der Waals surface area (Å²) in [6.45, 7) is 0.623. The number of carboxylic acids is 1. The molecular weight excluding hydrogens is 232 g/mol. The zero-order chi connectivity index (χ0) is 12.9. The van der Waals surface area contributed by atoms with Gasteiger partial charge in [-0.15, -0.1) is 0 Å². The van der Waals surface area contributed by atoms with E-state index < -0.39 is 11.5 Å². The van der Waals surface area contributed by atoms with Crippen molar-refractivity contribution in [1.82, 2.24) is 4.90 Å². The van der Waals surface area contributed by atoms with Crippen LogP contribution in [-0.4, -0.2) is 40.5 Å². The molecule has 1 amide bonds. The van der Waals surface area contributed by atoms with E-state index in [4.69, 9.17) is 10.8 Å². The van der Waals surface area contributed by atoms with Crippen LogP contribution in [0.1, 0.15) is 19.3 Å². The molecule has 1 heterocycles. The van der Waals surface area contributed by atoms with Crippen LogP contribution in [0.15, 0.2) is 12.2 Å². The van der Waals surface area contributed by atoms with E-state index in [2.05, 4.69) is 12.2 Å². The first-order valence-electron chi connectivity index (χ1n) is 6.49. The summed E-state index contributed by atoms with van der Waals surface area (Å²) in [5, 5.41) is 9.07. The van der Waals surface area contributed by atoms with Crippen LogP contribution in [0.25, 0.3) is 0 Å². The molecule has 2 aliphatic carbocycles. The average Bonchev–Trinajstić information content (AvgIpc) is 3.02. The molecule has 4 unspecified atom stereocenters. The topological polar surface area (TPSA) is 83.6 Å². The highest BCUT2D eigenvalue weighted by Crippen LogP contribution is 2.44. The second-order valence-corrected chi connectivity index (χ2v) is 5.86. The Labute approximate surface area is 106 Å². The Balaban J connectivity index is 1.68. The zero-order valence-corrected chi connectivity index (χ0v) is 10.2. The Morgan fingerprint density at radius 3 is 2.61 bits per heavy atom. The highest BCUT2D eigenvalue weighted by atomic mass is 16.4. The molecule has 2 bridgehead atoms. The lowest BCUT2D eigenvalue weighted by atomic mass is 9.92. The van der Waals surface area contributed by atoms with Gasteiger partial charge < -0.3 is 15.7 Å². The summed E-state index contributed by atoms with van der Waals surface area (Å²) in [5.74, 6) is 0.0518. The summed E-state index contributed by atoms with van der Waals surface area (Å²) in [5.41, 5.74) is 4.55. The molecule has 3 N–H and O–H groups in total. The lowest BCUT2D eigenvalue weighted by Gasteiger charge is -2.25. The van der Waals surface area contributed by atoms with Gasteiger partial charge in [0.2, 0.25) is 5.91 Å². The van der Waals surface area contributed by atoms with Crippen molar-refractivity contribution in [1.29, 1.82) is 0 Å². The molecular formula is C13H18N2O3. The van der Waals surface area contributed by atoms with Gasteiger partial charge in [-0.3, -0.25) is 9.59 Å². The molecule has 5 nitrogen and oxygen atoms in total. The van der Waals surface area contributed by atoms with Crippen LogP contribution in [0, 0.1) is 17.8 Å². The van der Waals surface area contributed by atoms with Gasteiger partial charge in [0, 0.05) is 19.0 Å². The number of nitrogens with two attached hydrogens (primary N) is 1. The van der Waals surface area contributed by atoms with Gasteiger partial charge in [-0.05, 0) is 31.1 Å². The van der Waals surface area contributed by atoms with E-state index in [0.29, 0.717) is 24.8 Å². The standard InChI is InChI=1S/C13H18N2O3/c14-13(12(17)18)3-4-15(7-13)11(16)10-6-8-1-2-9(10)5-8/h1-2,8-10H,3-7,14H2,(H,17,18). The number of rotatable bonds is 2. The van der Waals surface area contributed by atoms with Gasteiger partial charge in [-0.2, -0.15) is 0 Å². The summed E-state index contributed by atoms with van der Waals surface area (Å²) < 4.78 is 0. The number of hydrogen-bond donors (Lipinski definition) is 2. The molecule has 1 saturated heterocycles. The van der Waals surface area contributed by atoms with Crippen molar-refractivity contribution in [3.63, 3.8) is 0 Å². The number of carbonyl (C=O) groups is 2. The maximum atomic E-state index is 12.4. The first kappa shape index (κ1) is 11.7. The first-order valence-corrected chi connectivity index (χ1v) is 6.49. The van der Waals surface area contributed by atoms with E-state index >= 15 is 0 Å². The van der Waals surface area contributed by atoms with Gasteiger partial charge in [0.25, 0.3) is 0 Å². The summed E-state index contributed by atoms with van der Waals surface area (Å²) in [6, 6.07) is 0. The molecule has 4 atom stereocenters.